The maximum absolute atomic E-state index is 12.9. The van der Waals surface area contributed by atoms with Crippen LogP contribution in [0.25, 0.3) is 16.7 Å². The first-order chi connectivity index (χ1) is 13.9. The molecule has 1 unspecified atom stereocenters. The Bertz CT molecular complexity index is 1280. The van der Waals surface area contributed by atoms with E-state index in [1.807, 2.05) is 52.0 Å². The van der Waals surface area contributed by atoms with Gasteiger partial charge in [0.15, 0.2) is 0 Å². The van der Waals surface area contributed by atoms with Crippen molar-refractivity contribution in [3.8, 4) is 11.5 Å². The molecule has 29 heavy (non-hydrogen) atoms. The smallest absolute Gasteiger partial charge is 0.343 e. The van der Waals surface area contributed by atoms with Crippen LogP contribution >= 0.6 is 0 Å². The second-order valence-corrected chi connectivity index (χ2v) is 7.97. The monoisotopic (exact) mass is 390 g/mol. The van der Waals surface area contributed by atoms with E-state index in [1.54, 1.807) is 0 Å². The van der Waals surface area contributed by atoms with Gasteiger partial charge in [-0.25, -0.2) is 4.79 Å². The molecular formula is C24H22O5. The van der Waals surface area contributed by atoms with Gasteiger partial charge in [0.2, 0.25) is 0 Å². The molecular weight excluding hydrogens is 368 g/mol. The van der Waals surface area contributed by atoms with Crippen LogP contribution in [-0.4, -0.2) is 18.3 Å². The molecule has 0 radical (unpaired) electrons. The summed E-state index contributed by atoms with van der Waals surface area (Å²) < 4.78 is 17.8. The Morgan fingerprint density at radius 1 is 0.931 bits per heavy atom. The summed E-state index contributed by atoms with van der Waals surface area (Å²) in [6.45, 7) is 8.37. The van der Waals surface area contributed by atoms with Crippen LogP contribution < -0.4 is 10.4 Å². The van der Waals surface area contributed by atoms with Crippen LogP contribution in [0, 0.1) is 27.7 Å². The highest BCUT2D eigenvalue weighted by molar-refractivity contribution is 5.90. The van der Waals surface area contributed by atoms with Gasteiger partial charge in [0.05, 0.1) is 29.0 Å². The zero-order valence-electron chi connectivity index (χ0n) is 16.9. The van der Waals surface area contributed by atoms with E-state index >= 15 is 0 Å². The molecule has 2 aliphatic heterocycles. The number of aryl methyl sites for hydroxylation is 4. The highest BCUT2D eigenvalue weighted by Crippen LogP contribution is 2.48. The minimum atomic E-state index is -0.530. The van der Waals surface area contributed by atoms with E-state index in [0.717, 1.165) is 44.9 Å². The number of fused-ring (bicyclic) bond motifs is 3. The predicted octanol–water partition coefficient (Wildman–Crippen LogP) is 4.65. The average Bonchev–Trinajstić information content (AvgIpc) is 3.11. The van der Waals surface area contributed by atoms with Crippen LogP contribution in [0.4, 0.5) is 0 Å². The number of benzene rings is 2. The fourth-order valence-electron chi connectivity index (χ4n) is 4.48. The average molecular weight is 390 g/mol. The topological polar surface area (TPSA) is 68.9 Å². The molecule has 3 aromatic rings. The molecule has 5 nitrogen and oxygen atoms in total. The molecule has 1 aromatic heterocycles. The zero-order chi connectivity index (χ0) is 20.4. The minimum Gasteiger partial charge on any atom is -0.507 e. The van der Waals surface area contributed by atoms with Gasteiger partial charge >= 0.3 is 5.63 Å². The van der Waals surface area contributed by atoms with Crippen LogP contribution in [0.5, 0.6) is 11.5 Å². The fourth-order valence-corrected chi connectivity index (χ4v) is 4.48. The zero-order valence-corrected chi connectivity index (χ0v) is 16.9. The second kappa shape index (κ2) is 6.14. The van der Waals surface area contributed by atoms with Crippen molar-refractivity contribution in [1.29, 1.82) is 0 Å². The van der Waals surface area contributed by atoms with Crippen LogP contribution in [0.1, 0.15) is 39.3 Å². The van der Waals surface area contributed by atoms with E-state index in [9.17, 15) is 9.90 Å². The van der Waals surface area contributed by atoms with Gasteiger partial charge in [0.1, 0.15) is 29.4 Å². The Balaban J connectivity index is 1.74. The van der Waals surface area contributed by atoms with E-state index in [1.165, 1.54) is 0 Å². The van der Waals surface area contributed by atoms with E-state index in [0.29, 0.717) is 17.6 Å². The van der Waals surface area contributed by atoms with Gasteiger partial charge in [-0.15, -0.1) is 0 Å². The Hall–Kier alpha value is -3.21. The summed E-state index contributed by atoms with van der Waals surface area (Å²) in [4.78, 5) is 12.9. The summed E-state index contributed by atoms with van der Waals surface area (Å²) >= 11 is 0. The molecule has 0 saturated heterocycles. The molecule has 0 spiro atoms. The van der Waals surface area contributed by atoms with Crippen LogP contribution in [0.15, 0.2) is 39.1 Å². The van der Waals surface area contributed by atoms with E-state index < -0.39 is 11.5 Å². The summed E-state index contributed by atoms with van der Waals surface area (Å²) in [6, 6.07) is 7.87. The Morgan fingerprint density at radius 2 is 1.62 bits per heavy atom. The summed E-state index contributed by atoms with van der Waals surface area (Å²) in [5, 5.41) is 11.7. The van der Waals surface area contributed by atoms with E-state index in [2.05, 4.69) is 0 Å². The number of ether oxygens (including phenoxy) is 2. The van der Waals surface area contributed by atoms with Crippen LogP contribution in [-0.2, 0) is 4.74 Å². The summed E-state index contributed by atoms with van der Waals surface area (Å²) in [5.41, 5.74) is 5.73. The predicted molar refractivity (Wildman–Crippen MR) is 111 cm³/mol. The Kier molecular flexibility index (Phi) is 3.78. The van der Waals surface area contributed by atoms with Crippen molar-refractivity contribution in [3.63, 3.8) is 0 Å². The van der Waals surface area contributed by atoms with E-state index in [4.69, 9.17) is 13.9 Å². The van der Waals surface area contributed by atoms with Crippen molar-refractivity contribution < 1.29 is 19.0 Å². The number of rotatable bonds is 1. The molecule has 0 aliphatic carbocycles. The third-order valence-corrected chi connectivity index (χ3v) is 6.09. The molecule has 1 atom stereocenters. The van der Waals surface area contributed by atoms with Gasteiger partial charge in [0.25, 0.3) is 0 Å². The van der Waals surface area contributed by atoms with Gasteiger partial charge < -0.3 is 19.0 Å². The molecule has 2 aromatic carbocycles. The molecule has 5 heteroatoms. The Labute approximate surface area is 168 Å². The minimum absolute atomic E-state index is 0.0217. The molecule has 0 fully saturated rings. The summed E-state index contributed by atoms with van der Waals surface area (Å²) in [5.74, 6) is 1.16. The van der Waals surface area contributed by atoms with Crippen molar-refractivity contribution in [3.05, 3.63) is 73.6 Å². The number of aromatic hydroxyl groups is 1. The van der Waals surface area contributed by atoms with Gasteiger partial charge in [-0.3, -0.25) is 0 Å². The van der Waals surface area contributed by atoms with Crippen LogP contribution in [0.3, 0.4) is 0 Å². The van der Waals surface area contributed by atoms with Crippen molar-refractivity contribution in [2.45, 2.75) is 33.6 Å². The Morgan fingerprint density at radius 3 is 2.41 bits per heavy atom. The second-order valence-electron chi connectivity index (χ2n) is 7.97. The lowest BCUT2D eigenvalue weighted by Gasteiger charge is -2.23. The molecule has 1 N–H and O–H groups in total. The first-order valence-electron chi connectivity index (χ1n) is 9.73. The van der Waals surface area contributed by atoms with Gasteiger partial charge in [0, 0.05) is 5.57 Å². The molecule has 0 saturated carbocycles. The summed E-state index contributed by atoms with van der Waals surface area (Å²) in [7, 11) is 0. The highest BCUT2D eigenvalue weighted by Gasteiger charge is 2.39. The first-order valence-corrected chi connectivity index (χ1v) is 9.73. The van der Waals surface area contributed by atoms with Gasteiger partial charge in [-0.2, -0.15) is 0 Å². The first kappa shape index (κ1) is 17.9. The van der Waals surface area contributed by atoms with Crippen LogP contribution in [0.2, 0.25) is 0 Å². The van der Waals surface area contributed by atoms with Crippen molar-refractivity contribution in [1.82, 2.24) is 0 Å². The molecule has 148 valence electrons. The third-order valence-electron chi connectivity index (χ3n) is 6.09. The van der Waals surface area contributed by atoms with Crippen molar-refractivity contribution >= 4 is 16.7 Å². The molecule has 2 aliphatic rings. The van der Waals surface area contributed by atoms with Crippen molar-refractivity contribution in [2.75, 3.05) is 13.2 Å². The maximum Gasteiger partial charge on any atom is 0.343 e. The molecule has 0 bridgehead atoms. The maximum atomic E-state index is 12.9. The SMILES string of the molecule is Cc1ccc(C)c2c1OCC1=C2OCC1c1c(O)c2c(C)ccc(C)c2oc1=O. The molecule has 3 heterocycles. The van der Waals surface area contributed by atoms with Gasteiger partial charge in [-0.05, 0) is 49.9 Å². The quantitative estimate of drug-likeness (QED) is 0.613. The molecule has 0 amide bonds. The van der Waals surface area contributed by atoms with E-state index in [-0.39, 0.29) is 17.9 Å². The number of hydrogen-bond acceptors (Lipinski definition) is 5. The van der Waals surface area contributed by atoms with Gasteiger partial charge in [-0.1, -0.05) is 24.3 Å². The third kappa shape index (κ3) is 2.43. The summed E-state index contributed by atoms with van der Waals surface area (Å²) in [6.07, 6.45) is 0. The lowest BCUT2D eigenvalue weighted by Crippen LogP contribution is -2.20. The normalized spacial score (nSPS) is 17.7. The highest BCUT2D eigenvalue weighted by atomic mass is 16.5. The number of hydrogen-bond donors (Lipinski definition) is 1. The lowest BCUT2D eigenvalue weighted by molar-refractivity contribution is 0.289. The standard InChI is InChI=1S/C24H22O5/c1-11-5-8-14(4)22-17(11)20(25)19(24(26)29-22)15-9-28-23-16(15)10-27-21-13(3)7-6-12(2)18(21)23/h5-8,15,25H,9-10H2,1-4H3. The fraction of sp³-hybridized carbons (Fsp3) is 0.292. The largest absolute Gasteiger partial charge is 0.507 e. The van der Waals surface area contributed by atoms with Crippen molar-refractivity contribution in [2.24, 2.45) is 0 Å². The lowest BCUT2D eigenvalue weighted by atomic mass is 9.88. The molecule has 5 rings (SSSR count).